The third-order valence-electron chi connectivity index (χ3n) is 5.15. The normalized spacial score (nSPS) is 21.4. The fraction of sp³-hybridized carbons (Fsp3) is 0.588. The predicted octanol–water partition coefficient (Wildman–Crippen LogP) is 3.51. The van der Waals surface area contributed by atoms with Crippen molar-refractivity contribution in [1.82, 2.24) is 4.90 Å². The van der Waals surface area contributed by atoms with E-state index in [0.717, 1.165) is 31.0 Å². The van der Waals surface area contributed by atoms with Crippen molar-refractivity contribution in [3.8, 4) is 0 Å². The SMILES string of the molecule is O=C(Nc1cc(F)cc(F)c1)N1CCC(O)(C2CCCC2)CC1. The molecular weight excluding hydrogens is 302 g/mol. The van der Waals surface area contributed by atoms with Gasteiger partial charge in [0.1, 0.15) is 11.6 Å². The Morgan fingerprint density at radius 2 is 1.70 bits per heavy atom. The Kier molecular flexibility index (Phi) is 4.53. The van der Waals surface area contributed by atoms with E-state index in [1.54, 1.807) is 4.90 Å². The Labute approximate surface area is 134 Å². The Morgan fingerprint density at radius 1 is 1.13 bits per heavy atom. The highest BCUT2D eigenvalue weighted by Crippen LogP contribution is 2.40. The van der Waals surface area contributed by atoms with E-state index in [-0.39, 0.29) is 11.7 Å². The van der Waals surface area contributed by atoms with Gasteiger partial charge in [0.2, 0.25) is 0 Å². The summed E-state index contributed by atoms with van der Waals surface area (Å²) in [6, 6.07) is 2.54. The van der Waals surface area contributed by atoms with Crippen molar-refractivity contribution >= 4 is 11.7 Å². The van der Waals surface area contributed by atoms with E-state index in [1.165, 1.54) is 12.8 Å². The number of urea groups is 1. The largest absolute Gasteiger partial charge is 0.389 e. The molecule has 0 radical (unpaired) electrons. The zero-order valence-corrected chi connectivity index (χ0v) is 13.0. The molecule has 6 heteroatoms. The summed E-state index contributed by atoms with van der Waals surface area (Å²) in [4.78, 5) is 13.8. The van der Waals surface area contributed by atoms with Gasteiger partial charge < -0.3 is 15.3 Å². The van der Waals surface area contributed by atoms with Crippen LogP contribution in [0.1, 0.15) is 38.5 Å². The summed E-state index contributed by atoms with van der Waals surface area (Å²) in [6.45, 7) is 0.910. The lowest BCUT2D eigenvalue weighted by atomic mass is 9.78. The lowest BCUT2D eigenvalue weighted by molar-refractivity contribution is -0.0574. The molecular formula is C17H22F2N2O2. The second kappa shape index (κ2) is 6.43. The van der Waals surface area contributed by atoms with Crippen LogP contribution in [0.25, 0.3) is 0 Å². The van der Waals surface area contributed by atoms with Gasteiger partial charge in [-0.2, -0.15) is 0 Å². The van der Waals surface area contributed by atoms with Crippen LogP contribution < -0.4 is 5.32 Å². The molecule has 1 aromatic rings. The average molecular weight is 324 g/mol. The van der Waals surface area contributed by atoms with Crippen LogP contribution in [0.5, 0.6) is 0 Å². The van der Waals surface area contributed by atoms with Crippen molar-refractivity contribution < 1.29 is 18.7 Å². The summed E-state index contributed by atoms with van der Waals surface area (Å²) < 4.78 is 26.3. The first kappa shape index (κ1) is 16.2. The van der Waals surface area contributed by atoms with E-state index >= 15 is 0 Å². The topological polar surface area (TPSA) is 52.6 Å². The summed E-state index contributed by atoms with van der Waals surface area (Å²) in [5.41, 5.74) is -0.567. The van der Waals surface area contributed by atoms with Gasteiger partial charge in [0.05, 0.1) is 5.60 Å². The van der Waals surface area contributed by atoms with Crippen LogP contribution in [0.15, 0.2) is 18.2 Å². The Hall–Kier alpha value is -1.69. The van der Waals surface area contributed by atoms with Gasteiger partial charge in [0.15, 0.2) is 0 Å². The smallest absolute Gasteiger partial charge is 0.321 e. The lowest BCUT2D eigenvalue weighted by Gasteiger charge is -2.41. The molecule has 2 aliphatic rings. The van der Waals surface area contributed by atoms with Crippen molar-refractivity contribution in [2.24, 2.45) is 5.92 Å². The number of halogens is 2. The highest BCUT2D eigenvalue weighted by Gasteiger charge is 2.41. The highest BCUT2D eigenvalue weighted by atomic mass is 19.1. The second-order valence-electron chi connectivity index (χ2n) is 6.66. The van der Waals surface area contributed by atoms with E-state index < -0.39 is 17.2 Å². The zero-order chi connectivity index (χ0) is 16.4. The van der Waals surface area contributed by atoms with Gasteiger partial charge in [-0.3, -0.25) is 0 Å². The Balaban J connectivity index is 1.57. The molecule has 23 heavy (non-hydrogen) atoms. The van der Waals surface area contributed by atoms with E-state index in [4.69, 9.17) is 0 Å². The van der Waals surface area contributed by atoms with Gasteiger partial charge in [-0.05, 0) is 43.7 Å². The lowest BCUT2D eigenvalue weighted by Crippen LogP contribution is -2.50. The number of nitrogens with zero attached hydrogens (tertiary/aromatic N) is 1. The molecule has 2 N–H and O–H groups in total. The molecule has 0 atom stereocenters. The van der Waals surface area contributed by atoms with Crippen LogP contribution in [0, 0.1) is 17.6 Å². The van der Waals surface area contributed by atoms with Crippen LogP contribution in [0.3, 0.4) is 0 Å². The molecule has 1 saturated carbocycles. The molecule has 1 saturated heterocycles. The number of amides is 2. The highest BCUT2D eigenvalue weighted by molar-refractivity contribution is 5.89. The summed E-state index contributed by atoms with van der Waals surface area (Å²) in [5.74, 6) is -1.12. The first-order valence-corrected chi connectivity index (χ1v) is 8.21. The fourth-order valence-electron chi connectivity index (χ4n) is 3.80. The molecule has 1 aliphatic carbocycles. The summed E-state index contributed by atoms with van der Waals surface area (Å²) in [6.07, 6.45) is 5.58. The zero-order valence-electron chi connectivity index (χ0n) is 13.0. The van der Waals surface area contributed by atoms with E-state index in [9.17, 15) is 18.7 Å². The average Bonchev–Trinajstić information content (AvgIpc) is 3.01. The molecule has 0 unspecified atom stereocenters. The van der Waals surface area contributed by atoms with Gasteiger partial charge in [-0.25, -0.2) is 13.6 Å². The number of rotatable bonds is 2. The number of nitrogens with one attached hydrogen (secondary N) is 1. The van der Waals surface area contributed by atoms with Crippen LogP contribution in [0.4, 0.5) is 19.3 Å². The van der Waals surface area contributed by atoms with Gasteiger partial charge >= 0.3 is 6.03 Å². The molecule has 0 spiro atoms. The van der Waals surface area contributed by atoms with Crippen LogP contribution in [-0.4, -0.2) is 34.7 Å². The Bertz CT molecular complexity index is 560. The maximum absolute atomic E-state index is 13.2. The molecule has 4 nitrogen and oxygen atoms in total. The molecule has 2 fully saturated rings. The van der Waals surface area contributed by atoms with E-state index in [0.29, 0.717) is 31.8 Å². The first-order chi connectivity index (χ1) is 11.0. The van der Waals surface area contributed by atoms with Crippen molar-refractivity contribution in [1.29, 1.82) is 0 Å². The Morgan fingerprint density at radius 3 is 2.26 bits per heavy atom. The molecule has 1 aliphatic heterocycles. The number of carbonyl (C=O) groups is 1. The van der Waals surface area contributed by atoms with Crippen LogP contribution >= 0.6 is 0 Å². The minimum Gasteiger partial charge on any atom is -0.389 e. The van der Waals surface area contributed by atoms with Gasteiger partial charge in [0, 0.05) is 24.8 Å². The summed E-state index contributed by atoms with van der Waals surface area (Å²) in [7, 11) is 0. The van der Waals surface area contributed by atoms with Crippen molar-refractivity contribution in [2.45, 2.75) is 44.1 Å². The van der Waals surface area contributed by atoms with Crippen molar-refractivity contribution in [3.05, 3.63) is 29.8 Å². The number of benzene rings is 1. The molecule has 126 valence electrons. The van der Waals surface area contributed by atoms with Gasteiger partial charge in [-0.15, -0.1) is 0 Å². The molecule has 3 rings (SSSR count). The fourth-order valence-corrected chi connectivity index (χ4v) is 3.80. The first-order valence-electron chi connectivity index (χ1n) is 8.21. The van der Waals surface area contributed by atoms with Gasteiger partial charge in [0.25, 0.3) is 0 Å². The molecule has 2 amide bonds. The van der Waals surface area contributed by atoms with Crippen LogP contribution in [-0.2, 0) is 0 Å². The van der Waals surface area contributed by atoms with Gasteiger partial charge in [-0.1, -0.05) is 12.8 Å². The van der Waals surface area contributed by atoms with E-state index in [1.807, 2.05) is 0 Å². The minimum atomic E-state index is -0.727. The van der Waals surface area contributed by atoms with Crippen molar-refractivity contribution in [2.75, 3.05) is 18.4 Å². The molecule has 1 heterocycles. The number of aliphatic hydroxyl groups is 1. The molecule has 0 bridgehead atoms. The quantitative estimate of drug-likeness (QED) is 0.874. The predicted molar refractivity (Wildman–Crippen MR) is 83.1 cm³/mol. The molecule has 0 aromatic heterocycles. The maximum Gasteiger partial charge on any atom is 0.321 e. The third kappa shape index (κ3) is 3.63. The maximum atomic E-state index is 13.2. The number of hydrogen-bond acceptors (Lipinski definition) is 2. The minimum absolute atomic E-state index is 0.101. The summed E-state index contributed by atoms with van der Waals surface area (Å²) >= 11 is 0. The summed E-state index contributed by atoms with van der Waals surface area (Å²) in [5, 5.41) is 13.3. The van der Waals surface area contributed by atoms with Crippen LogP contribution in [0.2, 0.25) is 0 Å². The van der Waals surface area contributed by atoms with Crippen molar-refractivity contribution in [3.63, 3.8) is 0 Å². The standard InChI is InChI=1S/C17H22F2N2O2/c18-13-9-14(19)11-15(10-13)20-16(22)21-7-5-17(23,6-8-21)12-3-1-2-4-12/h9-12,23H,1-8H2,(H,20,22). The number of carbonyl (C=O) groups excluding carboxylic acids is 1. The van der Waals surface area contributed by atoms with E-state index in [2.05, 4.69) is 5.32 Å². The second-order valence-corrected chi connectivity index (χ2v) is 6.66. The monoisotopic (exact) mass is 324 g/mol. The number of hydrogen-bond donors (Lipinski definition) is 2. The number of piperidine rings is 1. The number of anilines is 1. The molecule has 1 aromatic carbocycles. The third-order valence-corrected chi connectivity index (χ3v) is 5.15. The number of likely N-dealkylation sites (tertiary alicyclic amines) is 1.